The molecule has 3 nitrogen and oxygen atoms in total. The van der Waals surface area contributed by atoms with Crippen LogP contribution < -0.4 is 5.73 Å². The molecule has 1 amide bonds. The number of halogens is 1. The number of carbonyl (C=O) groups is 1. The molecule has 1 aliphatic heterocycles. The summed E-state index contributed by atoms with van der Waals surface area (Å²) in [6, 6.07) is 7.85. The highest BCUT2D eigenvalue weighted by Gasteiger charge is 2.35. The van der Waals surface area contributed by atoms with Gasteiger partial charge < -0.3 is 5.73 Å². The van der Waals surface area contributed by atoms with Crippen LogP contribution >= 0.6 is 11.6 Å². The summed E-state index contributed by atoms with van der Waals surface area (Å²) in [5.41, 5.74) is 9.41. The molecule has 1 aromatic rings. The van der Waals surface area contributed by atoms with E-state index in [4.69, 9.17) is 17.3 Å². The van der Waals surface area contributed by atoms with Crippen LogP contribution in [0.1, 0.15) is 18.9 Å². The van der Waals surface area contributed by atoms with Crippen molar-refractivity contribution in [2.75, 3.05) is 19.6 Å². The molecule has 2 N–H and O–H groups in total. The molecule has 3 rings (SSSR count). The van der Waals surface area contributed by atoms with Gasteiger partial charge in [-0.1, -0.05) is 72.3 Å². The minimum Gasteiger partial charge on any atom is -0.369 e. The van der Waals surface area contributed by atoms with Gasteiger partial charge in [0.05, 0.1) is 5.92 Å². The van der Waals surface area contributed by atoms with Crippen molar-refractivity contribution in [3.63, 3.8) is 0 Å². The van der Waals surface area contributed by atoms with Crippen LogP contribution in [-0.2, 0) is 11.2 Å². The molecule has 1 aliphatic carbocycles. The second-order valence-electron chi connectivity index (χ2n) is 7.78. The first-order valence-corrected chi connectivity index (χ1v) is 10.5. The van der Waals surface area contributed by atoms with Crippen LogP contribution in [0.3, 0.4) is 0 Å². The van der Waals surface area contributed by atoms with Crippen molar-refractivity contribution in [2.45, 2.75) is 19.8 Å². The summed E-state index contributed by atoms with van der Waals surface area (Å²) in [5, 5.41) is 0.730. The molecule has 1 heterocycles. The molecule has 2 atom stereocenters. The topological polar surface area (TPSA) is 46.3 Å². The molecule has 1 saturated heterocycles. The highest BCUT2D eigenvalue weighted by molar-refractivity contribution is 6.30. The molecule has 0 saturated carbocycles. The lowest BCUT2D eigenvalue weighted by Gasteiger charge is -2.15. The van der Waals surface area contributed by atoms with E-state index in [1.807, 2.05) is 24.3 Å². The minimum atomic E-state index is -0.202. The Hall–Kier alpha value is -2.36. The van der Waals surface area contributed by atoms with E-state index in [-0.39, 0.29) is 17.7 Å². The predicted molar refractivity (Wildman–Crippen MR) is 122 cm³/mol. The third kappa shape index (κ3) is 6.31. The summed E-state index contributed by atoms with van der Waals surface area (Å²) in [6.45, 7) is 4.55. The quantitative estimate of drug-likeness (QED) is 0.655. The first-order chi connectivity index (χ1) is 14.0. The second-order valence-corrected chi connectivity index (χ2v) is 8.21. The van der Waals surface area contributed by atoms with E-state index in [0.717, 1.165) is 37.5 Å². The summed E-state index contributed by atoms with van der Waals surface area (Å²) >= 11 is 5.97. The average molecular weight is 409 g/mol. The average Bonchev–Trinajstić information content (AvgIpc) is 2.98. The first kappa shape index (κ1) is 21.4. The molecule has 1 unspecified atom stereocenters. The molecule has 1 aromatic carbocycles. The normalized spacial score (nSPS) is 22.8. The van der Waals surface area contributed by atoms with Gasteiger partial charge in [0.1, 0.15) is 0 Å². The van der Waals surface area contributed by atoms with Crippen molar-refractivity contribution in [1.29, 1.82) is 0 Å². The van der Waals surface area contributed by atoms with E-state index in [0.29, 0.717) is 0 Å². The van der Waals surface area contributed by atoms with E-state index >= 15 is 0 Å². The standard InChI is InChI=1S/C25H29ClN2O/c1-19-8-4-2-5-9-21(19)10-6-3-7-15-28-17-22(24(18-28)25(27)29)16-20-11-13-23(26)14-12-20/h2-4,6-14,22,24H,5,15-18H2,1H3,(H2,27,29)/b7-3+,10-6-/t22-,24?/m0/s1. The molecule has 0 aromatic heterocycles. The Morgan fingerprint density at radius 3 is 2.79 bits per heavy atom. The second kappa shape index (κ2) is 10.4. The number of hydrogen-bond acceptors (Lipinski definition) is 2. The number of likely N-dealkylation sites (tertiary alicyclic amines) is 1. The lowest BCUT2D eigenvalue weighted by atomic mass is 9.89. The number of nitrogens with zero attached hydrogens (tertiary/aromatic N) is 1. The lowest BCUT2D eigenvalue weighted by Crippen LogP contribution is -2.30. The SMILES string of the molecule is CC1=CC=CCC=C1/C=C\C=C\CN1CC(C(N)=O)[C@@H](Cc2ccc(Cl)cc2)C1. The Labute approximate surface area is 178 Å². The van der Waals surface area contributed by atoms with Crippen molar-refractivity contribution < 1.29 is 4.79 Å². The van der Waals surface area contributed by atoms with Crippen LogP contribution in [-0.4, -0.2) is 30.4 Å². The molecule has 2 aliphatic rings. The molecule has 0 bridgehead atoms. The number of nitrogens with two attached hydrogens (primary N) is 1. The predicted octanol–water partition coefficient (Wildman–Crippen LogP) is 4.86. The maximum atomic E-state index is 11.9. The van der Waals surface area contributed by atoms with E-state index < -0.39 is 0 Å². The molecule has 4 heteroatoms. The van der Waals surface area contributed by atoms with Gasteiger partial charge in [-0.2, -0.15) is 0 Å². The van der Waals surface area contributed by atoms with Crippen LogP contribution in [0.5, 0.6) is 0 Å². The first-order valence-electron chi connectivity index (χ1n) is 10.2. The van der Waals surface area contributed by atoms with E-state index in [1.54, 1.807) is 0 Å². The molecular formula is C25H29ClN2O. The van der Waals surface area contributed by atoms with Crippen molar-refractivity contribution in [3.8, 4) is 0 Å². The van der Waals surface area contributed by atoms with Gasteiger partial charge in [0.2, 0.25) is 5.91 Å². The number of allylic oxidation sites excluding steroid dienone is 9. The van der Waals surface area contributed by atoms with Crippen LogP contribution in [0.15, 0.2) is 84.0 Å². The largest absolute Gasteiger partial charge is 0.369 e. The van der Waals surface area contributed by atoms with Crippen LogP contribution in [0.25, 0.3) is 0 Å². The van der Waals surface area contributed by atoms with Gasteiger partial charge in [0, 0.05) is 24.7 Å². The molecular weight excluding hydrogens is 380 g/mol. The minimum absolute atomic E-state index is 0.106. The van der Waals surface area contributed by atoms with Gasteiger partial charge in [-0.15, -0.1) is 0 Å². The van der Waals surface area contributed by atoms with E-state index in [2.05, 4.69) is 60.4 Å². The van der Waals surface area contributed by atoms with Crippen molar-refractivity contribution in [2.24, 2.45) is 17.6 Å². The number of carbonyl (C=O) groups excluding carboxylic acids is 1. The number of hydrogen-bond donors (Lipinski definition) is 1. The maximum Gasteiger partial charge on any atom is 0.222 e. The monoisotopic (exact) mass is 408 g/mol. The third-order valence-corrected chi connectivity index (χ3v) is 5.84. The highest BCUT2D eigenvalue weighted by atomic mass is 35.5. The van der Waals surface area contributed by atoms with Gasteiger partial charge in [-0.05, 0) is 54.5 Å². The Morgan fingerprint density at radius 1 is 1.24 bits per heavy atom. The van der Waals surface area contributed by atoms with Gasteiger partial charge in [0.15, 0.2) is 0 Å². The number of primary amides is 1. The van der Waals surface area contributed by atoms with Gasteiger partial charge in [0.25, 0.3) is 0 Å². The zero-order valence-electron chi connectivity index (χ0n) is 16.9. The van der Waals surface area contributed by atoms with Crippen LogP contribution in [0.4, 0.5) is 0 Å². The number of amides is 1. The van der Waals surface area contributed by atoms with Gasteiger partial charge >= 0.3 is 0 Å². The van der Waals surface area contributed by atoms with Gasteiger partial charge in [-0.3, -0.25) is 9.69 Å². The fourth-order valence-corrected chi connectivity index (χ4v) is 4.08. The van der Waals surface area contributed by atoms with Crippen LogP contribution in [0, 0.1) is 11.8 Å². The molecule has 1 fully saturated rings. The molecule has 0 spiro atoms. The Kier molecular flexibility index (Phi) is 7.68. The van der Waals surface area contributed by atoms with E-state index in [9.17, 15) is 4.79 Å². The number of rotatable bonds is 7. The molecule has 0 radical (unpaired) electrons. The Bertz CT molecular complexity index is 861. The summed E-state index contributed by atoms with van der Waals surface area (Å²) in [4.78, 5) is 14.2. The number of benzene rings is 1. The zero-order chi connectivity index (χ0) is 20.6. The summed E-state index contributed by atoms with van der Waals surface area (Å²) in [6.07, 6.45) is 18.9. The van der Waals surface area contributed by atoms with Crippen molar-refractivity contribution in [1.82, 2.24) is 4.90 Å². The summed E-state index contributed by atoms with van der Waals surface area (Å²) < 4.78 is 0. The third-order valence-electron chi connectivity index (χ3n) is 5.59. The smallest absolute Gasteiger partial charge is 0.222 e. The summed E-state index contributed by atoms with van der Waals surface area (Å²) in [5.74, 6) is -0.0633. The van der Waals surface area contributed by atoms with Gasteiger partial charge in [-0.25, -0.2) is 0 Å². The Morgan fingerprint density at radius 2 is 2.03 bits per heavy atom. The fraction of sp³-hybridized carbons (Fsp3) is 0.320. The molecule has 29 heavy (non-hydrogen) atoms. The lowest BCUT2D eigenvalue weighted by molar-refractivity contribution is -0.122. The van der Waals surface area contributed by atoms with Crippen molar-refractivity contribution >= 4 is 17.5 Å². The molecule has 152 valence electrons. The van der Waals surface area contributed by atoms with E-state index in [1.165, 1.54) is 16.7 Å². The zero-order valence-corrected chi connectivity index (χ0v) is 17.7. The maximum absolute atomic E-state index is 11.9. The van der Waals surface area contributed by atoms with Crippen molar-refractivity contribution in [3.05, 3.63) is 94.6 Å². The van der Waals surface area contributed by atoms with Crippen LogP contribution in [0.2, 0.25) is 5.02 Å². The summed E-state index contributed by atoms with van der Waals surface area (Å²) in [7, 11) is 0. The highest BCUT2D eigenvalue weighted by Crippen LogP contribution is 2.27. The fourth-order valence-electron chi connectivity index (χ4n) is 3.95. The Balaban J connectivity index is 1.54.